The van der Waals surface area contributed by atoms with Crippen molar-refractivity contribution in [1.29, 1.82) is 0 Å². The van der Waals surface area contributed by atoms with E-state index >= 15 is 0 Å². The van der Waals surface area contributed by atoms with Crippen LogP contribution in [0.5, 0.6) is 5.88 Å². The van der Waals surface area contributed by atoms with Gasteiger partial charge in [-0.3, -0.25) is 0 Å². The van der Waals surface area contributed by atoms with Crippen molar-refractivity contribution < 1.29 is 14.6 Å². The average Bonchev–Trinajstić information content (AvgIpc) is 3.03. The molecule has 5 nitrogen and oxygen atoms in total. The lowest BCUT2D eigenvalue weighted by Crippen LogP contribution is -2.00. The molecule has 0 saturated heterocycles. The smallest absolute Gasteiger partial charge is 0.328 e. The van der Waals surface area contributed by atoms with Crippen LogP contribution in [0.3, 0.4) is 0 Å². The lowest BCUT2D eigenvalue weighted by Gasteiger charge is -2.04. The predicted molar refractivity (Wildman–Crippen MR) is 91.0 cm³/mol. The zero-order chi connectivity index (χ0) is 16.8. The van der Waals surface area contributed by atoms with Crippen LogP contribution in [0.2, 0.25) is 0 Å². The minimum atomic E-state index is -1.01. The Morgan fingerprint density at radius 2 is 1.75 bits per heavy atom. The van der Waals surface area contributed by atoms with Crippen molar-refractivity contribution in [2.24, 2.45) is 0 Å². The fourth-order valence-corrected chi connectivity index (χ4v) is 2.23. The highest BCUT2D eigenvalue weighted by molar-refractivity contribution is 5.85. The van der Waals surface area contributed by atoms with Crippen LogP contribution in [0.25, 0.3) is 11.8 Å². The van der Waals surface area contributed by atoms with Gasteiger partial charge >= 0.3 is 5.97 Å². The highest BCUT2D eigenvalue weighted by atomic mass is 16.5. The molecule has 3 aromatic rings. The van der Waals surface area contributed by atoms with Gasteiger partial charge < -0.3 is 9.84 Å². The van der Waals surface area contributed by atoms with E-state index in [0.29, 0.717) is 18.2 Å². The lowest BCUT2D eigenvalue weighted by atomic mass is 10.2. The van der Waals surface area contributed by atoms with Gasteiger partial charge in [-0.2, -0.15) is 0 Å². The first-order valence-corrected chi connectivity index (χ1v) is 7.45. The number of aromatic nitrogens is 2. The summed E-state index contributed by atoms with van der Waals surface area (Å²) in [5, 5.41) is 13.3. The molecule has 1 heterocycles. The van der Waals surface area contributed by atoms with Gasteiger partial charge in [0.05, 0.1) is 11.4 Å². The molecule has 0 aliphatic rings. The molecule has 120 valence electrons. The molecule has 0 spiro atoms. The van der Waals surface area contributed by atoms with Crippen LogP contribution < -0.4 is 4.74 Å². The SMILES string of the molecule is O=C(O)/C=C/c1cc(OCc2ccccc2)nn1-c1ccccc1. The maximum Gasteiger partial charge on any atom is 0.328 e. The largest absolute Gasteiger partial charge is 0.478 e. The topological polar surface area (TPSA) is 64.3 Å². The molecule has 0 aliphatic carbocycles. The van der Waals surface area contributed by atoms with E-state index in [-0.39, 0.29) is 0 Å². The summed E-state index contributed by atoms with van der Waals surface area (Å²) in [6, 6.07) is 21.0. The molecule has 5 heteroatoms. The summed E-state index contributed by atoms with van der Waals surface area (Å²) in [5.41, 5.74) is 2.50. The molecule has 0 fully saturated rings. The van der Waals surface area contributed by atoms with Crippen LogP contribution in [0, 0.1) is 0 Å². The molecule has 24 heavy (non-hydrogen) atoms. The summed E-state index contributed by atoms with van der Waals surface area (Å²) in [5.74, 6) is -0.574. The second kappa shape index (κ2) is 7.28. The highest BCUT2D eigenvalue weighted by Crippen LogP contribution is 2.19. The van der Waals surface area contributed by atoms with Crippen molar-refractivity contribution in [3.8, 4) is 11.6 Å². The van der Waals surface area contributed by atoms with Gasteiger partial charge in [0.1, 0.15) is 6.61 Å². The molecule has 0 radical (unpaired) electrons. The van der Waals surface area contributed by atoms with E-state index in [1.54, 1.807) is 10.7 Å². The fraction of sp³-hybridized carbons (Fsp3) is 0.0526. The molecular weight excluding hydrogens is 304 g/mol. The van der Waals surface area contributed by atoms with Crippen molar-refractivity contribution in [2.75, 3.05) is 0 Å². The van der Waals surface area contributed by atoms with Gasteiger partial charge in [0.25, 0.3) is 0 Å². The molecule has 0 atom stereocenters. The Morgan fingerprint density at radius 3 is 2.42 bits per heavy atom. The number of carboxylic acid groups (broad SMARTS) is 1. The van der Waals surface area contributed by atoms with Crippen molar-refractivity contribution in [2.45, 2.75) is 6.61 Å². The quantitative estimate of drug-likeness (QED) is 0.706. The van der Waals surface area contributed by atoms with E-state index in [4.69, 9.17) is 9.84 Å². The first-order valence-electron chi connectivity index (χ1n) is 7.45. The Labute approximate surface area is 139 Å². The highest BCUT2D eigenvalue weighted by Gasteiger charge is 2.09. The van der Waals surface area contributed by atoms with Crippen LogP contribution in [0.15, 0.2) is 72.8 Å². The number of ether oxygens (including phenoxy) is 1. The van der Waals surface area contributed by atoms with E-state index in [9.17, 15) is 4.79 Å². The third-order valence-corrected chi connectivity index (χ3v) is 3.34. The first-order chi connectivity index (χ1) is 11.7. The number of hydrogen-bond acceptors (Lipinski definition) is 3. The second-order valence-corrected chi connectivity index (χ2v) is 5.10. The van der Waals surface area contributed by atoms with E-state index < -0.39 is 5.97 Å². The number of para-hydroxylation sites is 1. The molecule has 1 aromatic heterocycles. The third kappa shape index (κ3) is 3.89. The van der Waals surface area contributed by atoms with Gasteiger partial charge in [-0.15, -0.1) is 5.10 Å². The van der Waals surface area contributed by atoms with Crippen molar-refractivity contribution in [3.63, 3.8) is 0 Å². The molecule has 1 N–H and O–H groups in total. The minimum absolute atomic E-state index is 0.398. The zero-order valence-electron chi connectivity index (χ0n) is 12.9. The first kappa shape index (κ1) is 15.6. The summed E-state index contributed by atoms with van der Waals surface area (Å²) in [4.78, 5) is 10.8. The second-order valence-electron chi connectivity index (χ2n) is 5.10. The van der Waals surface area contributed by atoms with E-state index in [1.165, 1.54) is 6.08 Å². The van der Waals surface area contributed by atoms with Crippen molar-refractivity contribution >= 4 is 12.0 Å². The van der Waals surface area contributed by atoms with Crippen LogP contribution >= 0.6 is 0 Å². The number of benzene rings is 2. The Balaban J connectivity index is 1.86. The number of carbonyl (C=O) groups is 1. The minimum Gasteiger partial charge on any atom is -0.478 e. The van der Waals surface area contributed by atoms with Gasteiger partial charge in [-0.05, 0) is 23.8 Å². The normalized spacial score (nSPS) is 10.8. The predicted octanol–water partition coefficient (Wildman–Crippen LogP) is 3.55. The summed E-state index contributed by atoms with van der Waals surface area (Å²) in [6.07, 6.45) is 2.58. The number of carboxylic acids is 1. The van der Waals surface area contributed by atoms with Crippen molar-refractivity contribution in [3.05, 3.63) is 84.1 Å². The Kier molecular flexibility index (Phi) is 4.72. The summed E-state index contributed by atoms with van der Waals surface area (Å²) < 4.78 is 7.38. The summed E-state index contributed by atoms with van der Waals surface area (Å²) >= 11 is 0. The van der Waals surface area contributed by atoms with Crippen LogP contribution in [0.1, 0.15) is 11.3 Å². The van der Waals surface area contributed by atoms with E-state index in [1.807, 2.05) is 60.7 Å². The Morgan fingerprint density at radius 1 is 1.08 bits per heavy atom. The molecule has 0 amide bonds. The average molecular weight is 320 g/mol. The van der Waals surface area contributed by atoms with Crippen molar-refractivity contribution in [1.82, 2.24) is 9.78 Å². The maximum atomic E-state index is 10.8. The van der Waals surface area contributed by atoms with E-state index in [2.05, 4.69) is 5.10 Å². The molecule has 0 bridgehead atoms. The Hall–Kier alpha value is -3.34. The van der Waals surface area contributed by atoms with Gasteiger partial charge in [0.15, 0.2) is 0 Å². The molecule has 0 aliphatic heterocycles. The standard InChI is InChI=1S/C19H16N2O3/c22-19(23)12-11-17-13-18(24-14-15-7-3-1-4-8-15)20-21(17)16-9-5-2-6-10-16/h1-13H,14H2,(H,22,23)/b12-11+. The monoisotopic (exact) mass is 320 g/mol. The van der Waals surface area contributed by atoms with Gasteiger partial charge in [-0.25, -0.2) is 9.48 Å². The number of aliphatic carboxylic acids is 1. The summed E-state index contributed by atoms with van der Waals surface area (Å²) in [7, 11) is 0. The van der Waals surface area contributed by atoms with Crippen LogP contribution in [0.4, 0.5) is 0 Å². The van der Waals surface area contributed by atoms with Gasteiger partial charge in [-0.1, -0.05) is 48.5 Å². The van der Waals surface area contributed by atoms with E-state index in [0.717, 1.165) is 17.3 Å². The lowest BCUT2D eigenvalue weighted by molar-refractivity contribution is -0.131. The molecular formula is C19H16N2O3. The number of hydrogen-bond donors (Lipinski definition) is 1. The number of rotatable bonds is 6. The Bertz CT molecular complexity index is 840. The number of nitrogens with zero attached hydrogens (tertiary/aromatic N) is 2. The molecule has 0 unspecified atom stereocenters. The maximum absolute atomic E-state index is 10.8. The fourth-order valence-electron chi connectivity index (χ4n) is 2.23. The van der Waals surface area contributed by atoms with Gasteiger partial charge in [0.2, 0.25) is 5.88 Å². The van der Waals surface area contributed by atoms with Crippen LogP contribution in [-0.4, -0.2) is 20.9 Å². The third-order valence-electron chi connectivity index (χ3n) is 3.34. The van der Waals surface area contributed by atoms with Gasteiger partial charge in [0, 0.05) is 12.1 Å². The zero-order valence-corrected chi connectivity index (χ0v) is 12.9. The molecule has 0 saturated carbocycles. The van der Waals surface area contributed by atoms with Crippen LogP contribution in [-0.2, 0) is 11.4 Å². The summed E-state index contributed by atoms with van der Waals surface area (Å²) in [6.45, 7) is 0.398. The molecule has 2 aromatic carbocycles. The molecule has 3 rings (SSSR count).